The Morgan fingerprint density at radius 1 is 0.689 bits per heavy atom. The van der Waals surface area contributed by atoms with E-state index in [4.69, 9.17) is 39.4 Å². The molecule has 9 rings (SSSR count). The van der Waals surface area contributed by atoms with Crippen LogP contribution in [0.3, 0.4) is 0 Å². The largest absolute Gasteiger partial charge is 0.493 e. The second-order valence-corrected chi connectivity index (χ2v) is 19.2. The first-order chi connectivity index (χ1) is 35.7. The van der Waals surface area contributed by atoms with Gasteiger partial charge in [0.05, 0.1) is 62.0 Å². The van der Waals surface area contributed by atoms with Crippen molar-refractivity contribution in [3.05, 3.63) is 107 Å². The number of rotatable bonds is 17. The number of anilines is 2. The van der Waals surface area contributed by atoms with E-state index >= 15 is 0 Å². The molecule has 4 N–H and O–H groups in total. The van der Waals surface area contributed by atoms with E-state index in [0.717, 1.165) is 48.5 Å². The Morgan fingerprint density at radius 3 is 1.66 bits per heavy atom. The van der Waals surface area contributed by atoms with Crippen LogP contribution in [0.15, 0.2) is 95.2 Å². The lowest BCUT2D eigenvalue weighted by molar-refractivity contribution is -0.134. The number of fused-ring (bicyclic) bond motifs is 4. The number of nitrogens with zero attached hydrogens (tertiary/aromatic N) is 6. The molecule has 74 heavy (non-hydrogen) atoms. The van der Waals surface area contributed by atoms with Crippen molar-refractivity contribution >= 4 is 76.0 Å². The second-order valence-electron chi connectivity index (χ2n) is 19.2. The number of aliphatic imine (C=N–C) groups is 2. The molecular formula is C55H61N9O10. The molecule has 2 unspecified atom stereocenters. The van der Waals surface area contributed by atoms with Gasteiger partial charge in [-0.05, 0) is 78.6 Å². The van der Waals surface area contributed by atoms with Gasteiger partial charge in [-0.1, -0.05) is 38.1 Å². The van der Waals surface area contributed by atoms with Gasteiger partial charge < -0.3 is 59.7 Å². The molecule has 0 saturated carbocycles. The Hall–Kier alpha value is -8.19. The highest BCUT2D eigenvalue weighted by atomic mass is 16.6. The zero-order valence-electron chi connectivity index (χ0n) is 42.3. The lowest BCUT2D eigenvalue weighted by Crippen LogP contribution is -2.49. The number of piperazine rings is 1. The van der Waals surface area contributed by atoms with Gasteiger partial charge in [0.1, 0.15) is 6.04 Å². The molecule has 386 valence electrons. The summed E-state index contributed by atoms with van der Waals surface area (Å²) in [6.07, 6.45) is 6.75. The van der Waals surface area contributed by atoms with E-state index in [2.05, 4.69) is 51.7 Å². The number of hydrogen-bond acceptors (Lipinski definition) is 14. The molecule has 0 aliphatic carbocycles. The molecule has 0 radical (unpaired) electrons. The molecule has 0 bridgehead atoms. The van der Waals surface area contributed by atoms with Crippen molar-refractivity contribution in [3.63, 3.8) is 0 Å². The second kappa shape index (κ2) is 21.9. The fraction of sp³-hybridized carbons (Fsp3) is 0.364. The number of nitrogens with two attached hydrogens (primary N) is 1. The van der Waals surface area contributed by atoms with Gasteiger partial charge in [-0.25, -0.2) is 4.79 Å². The topological polar surface area (TPSA) is 219 Å². The fourth-order valence-corrected chi connectivity index (χ4v) is 9.51. The smallest absolute Gasteiger partial charge is 0.405 e. The molecule has 0 spiro atoms. The summed E-state index contributed by atoms with van der Waals surface area (Å²) in [4.78, 5) is 82.6. The van der Waals surface area contributed by atoms with Crippen LogP contribution in [0.25, 0.3) is 11.1 Å². The molecule has 4 aromatic rings. The number of methoxy groups -OCH3 is 2. The zero-order valence-corrected chi connectivity index (χ0v) is 42.3. The van der Waals surface area contributed by atoms with Crippen LogP contribution in [0, 0.1) is 5.92 Å². The molecule has 5 amide bonds. The number of amides is 5. The predicted molar refractivity (Wildman–Crippen MR) is 281 cm³/mol. The average molecular weight is 1010 g/mol. The van der Waals surface area contributed by atoms with Gasteiger partial charge in [-0.3, -0.25) is 29.2 Å². The van der Waals surface area contributed by atoms with Gasteiger partial charge >= 0.3 is 6.09 Å². The summed E-state index contributed by atoms with van der Waals surface area (Å²) < 4.78 is 28.7. The van der Waals surface area contributed by atoms with Crippen LogP contribution in [0.1, 0.15) is 71.9 Å². The summed E-state index contributed by atoms with van der Waals surface area (Å²) in [5.41, 5.74) is 12.5. The van der Waals surface area contributed by atoms with Crippen LogP contribution in [0.2, 0.25) is 0 Å². The van der Waals surface area contributed by atoms with Gasteiger partial charge in [0, 0.05) is 93.8 Å². The van der Waals surface area contributed by atoms with E-state index in [-0.39, 0.29) is 43.0 Å². The highest BCUT2D eigenvalue weighted by Crippen LogP contribution is 2.42. The van der Waals surface area contributed by atoms with Crippen LogP contribution in [0.4, 0.5) is 27.5 Å². The third-order valence-electron chi connectivity index (χ3n) is 13.7. The van der Waals surface area contributed by atoms with Crippen molar-refractivity contribution in [2.45, 2.75) is 64.3 Å². The predicted octanol–water partition coefficient (Wildman–Crippen LogP) is 6.81. The van der Waals surface area contributed by atoms with Crippen molar-refractivity contribution in [2.24, 2.45) is 21.6 Å². The summed E-state index contributed by atoms with van der Waals surface area (Å²) in [6, 6.07) is 21.0. The first kappa shape index (κ1) is 50.7. The van der Waals surface area contributed by atoms with Crippen LogP contribution >= 0.6 is 0 Å². The van der Waals surface area contributed by atoms with E-state index in [0.29, 0.717) is 70.4 Å². The number of carbonyl (C=O) groups is 5. The number of likely N-dealkylation sites (N-methyl/N-ethyl adjacent to an activating group) is 1. The number of hydrogen-bond donors (Lipinski definition) is 3. The normalized spacial score (nSPS) is 18.7. The number of nitrogens with one attached hydrogen (secondary N) is 2. The molecular weight excluding hydrogens is 947 g/mol. The summed E-state index contributed by atoms with van der Waals surface area (Å²) >= 11 is 0. The van der Waals surface area contributed by atoms with Crippen LogP contribution in [-0.2, 0) is 14.3 Å². The summed E-state index contributed by atoms with van der Waals surface area (Å²) in [6.45, 7) is 9.52. The summed E-state index contributed by atoms with van der Waals surface area (Å²) in [7, 11) is 5.20. The minimum Gasteiger partial charge on any atom is -0.493 e. The van der Waals surface area contributed by atoms with Crippen LogP contribution in [-0.4, -0.2) is 142 Å². The van der Waals surface area contributed by atoms with Gasteiger partial charge in [0.2, 0.25) is 5.91 Å². The van der Waals surface area contributed by atoms with Crippen molar-refractivity contribution < 1.29 is 47.7 Å². The first-order valence-corrected chi connectivity index (χ1v) is 24.7. The molecule has 5 heterocycles. The quantitative estimate of drug-likeness (QED) is 0.0930. The maximum Gasteiger partial charge on any atom is 0.405 e. The number of carbonyl (C=O) groups excluding carboxylic acids is 5. The Kier molecular flexibility index (Phi) is 15.0. The Bertz CT molecular complexity index is 2950. The Morgan fingerprint density at radius 2 is 1.19 bits per heavy atom. The molecule has 19 nitrogen and oxygen atoms in total. The molecule has 5 aliphatic rings. The number of primary amides is 1. The standard InChI is InChI=1S/C55H61N9O10/c1-32(2)50(74-55(56)69)52(66)59-33(3)51(65)60-38-12-8-34(9-13-38)36-22-40-28-57-44-26-48(46(70-5)24-42(44)53(67)63(40)30-36)72-20-7-21-73-49-27-45-43(25-47(49)71-6)54(68)64-31-37(23-41(64)29-58-45)35-10-14-39(15-11-35)62-18-16-61(4)17-19-62/h8-15,24-33,40-41,50H,7,16-23H2,1-6H3,(H2,56,69)(H,59,66)(H,60,65)/t33?,40-,41-,50?/m0/s1. The average Bonchev–Trinajstić information content (AvgIpc) is 3.98. The van der Waals surface area contributed by atoms with Crippen LogP contribution in [0.5, 0.6) is 23.0 Å². The fourth-order valence-electron chi connectivity index (χ4n) is 9.51. The van der Waals surface area contributed by atoms with Gasteiger partial charge in [0.15, 0.2) is 29.1 Å². The SMILES string of the molecule is COc1cc2c(cc1OCCCOc1cc3c(cc1OC)C(=O)N1C=C(c4ccc(N5CCN(C)CC5)cc4)C[C@H]1C=N3)N=C[C@@H]1CC(c3ccc(NC(=O)C(C)NC(=O)C(OC(N)=O)C(C)C)cc3)=CN1C2=O. The molecule has 4 atom stereocenters. The number of benzene rings is 4. The van der Waals surface area contributed by atoms with E-state index < -0.39 is 30.1 Å². The highest BCUT2D eigenvalue weighted by Gasteiger charge is 2.36. The summed E-state index contributed by atoms with van der Waals surface area (Å²) in [5.74, 6) is -0.206. The third kappa shape index (κ3) is 10.9. The molecule has 0 aromatic heterocycles. The van der Waals surface area contributed by atoms with Gasteiger partial charge in [-0.2, -0.15) is 0 Å². The maximum atomic E-state index is 14.0. The van der Waals surface area contributed by atoms with E-state index in [9.17, 15) is 24.0 Å². The van der Waals surface area contributed by atoms with Crippen molar-refractivity contribution in [1.82, 2.24) is 20.0 Å². The molecule has 19 heteroatoms. The molecule has 5 aliphatic heterocycles. The maximum absolute atomic E-state index is 14.0. The first-order valence-electron chi connectivity index (χ1n) is 24.7. The Labute approximate surface area is 429 Å². The van der Waals surface area contributed by atoms with Gasteiger partial charge in [-0.15, -0.1) is 0 Å². The molecule has 1 saturated heterocycles. The van der Waals surface area contributed by atoms with E-state index in [1.807, 2.05) is 30.7 Å². The van der Waals surface area contributed by atoms with Crippen molar-refractivity contribution in [1.29, 1.82) is 0 Å². The monoisotopic (exact) mass is 1010 g/mol. The Balaban J connectivity index is 0.778. The van der Waals surface area contributed by atoms with Gasteiger partial charge in [0.25, 0.3) is 17.7 Å². The summed E-state index contributed by atoms with van der Waals surface area (Å²) in [5, 5.41) is 5.35. The molecule has 1 fully saturated rings. The highest BCUT2D eigenvalue weighted by molar-refractivity contribution is 6.07. The molecule has 4 aromatic carbocycles. The van der Waals surface area contributed by atoms with Crippen molar-refractivity contribution in [3.8, 4) is 23.0 Å². The third-order valence-corrected chi connectivity index (χ3v) is 13.7. The van der Waals surface area contributed by atoms with E-state index in [1.54, 1.807) is 66.3 Å². The minimum atomic E-state index is -1.14. The van der Waals surface area contributed by atoms with E-state index in [1.165, 1.54) is 26.8 Å². The zero-order chi connectivity index (χ0) is 52.2. The van der Waals surface area contributed by atoms with Crippen LogP contribution < -0.4 is 40.2 Å². The minimum absolute atomic E-state index is 0.158. The lowest BCUT2D eigenvalue weighted by atomic mass is 10.0. The number of ether oxygens (including phenoxy) is 5. The van der Waals surface area contributed by atoms with Crippen molar-refractivity contribution in [2.75, 3.05) is 70.9 Å². The lowest BCUT2D eigenvalue weighted by Gasteiger charge is -2.34.